The molecule has 0 saturated heterocycles. The van der Waals surface area contributed by atoms with Crippen molar-refractivity contribution in [2.75, 3.05) is 0 Å². The van der Waals surface area contributed by atoms with Crippen LogP contribution in [0, 0.1) is 0 Å². The van der Waals surface area contributed by atoms with Gasteiger partial charge in [-0.3, -0.25) is 0 Å². The molecule has 0 saturated carbocycles. The minimum Gasteiger partial charge on any atom is -0.368 e. The molecule has 0 aromatic rings. The van der Waals surface area contributed by atoms with E-state index in [1.54, 1.807) is 0 Å². The minimum atomic E-state index is -4.61. The van der Waals surface area contributed by atoms with Crippen LogP contribution in [0.25, 0.3) is 0 Å². The molecule has 0 spiro atoms. The molecule has 0 unspecified atom stereocenters. The average Bonchev–Trinajstić information content (AvgIpc) is 0.722. The smallest absolute Gasteiger partial charge is 0.368 e. The van der Waals surface area contributed by atoms with E-state index < -0.39 is 9.05 Å². The van der Waals surface area contributed by atoms with Crippen molar-refractivity contribution in [2.24, 2.45) is 0 Å². The van der Waals surface area contributed by atoms with Gasteiger partial charge in [-0.15, -0.1) is 0 Å². The normalized spacial score (nSPS) is 8.57. The van der Waals surface area contributed by atoms with Crippen LogP contribution >= 0.6 is 0 Å². The van der Waals surface area contributed by atoms with Gasteiger partial charge in [0.15, 0.2) is 17.4 Å². The van der Waals surface area contributed by atoms with Gasteiger partial charge in [0.2, 0.25) is 0 Å². The third-order valence-electron chi connectivity index (χ3n) is 0. The van der Waals surface area contributed by atoms with E-state index >= 15 is 0 Å². The van der Waals surface area contributed by atoms with E-state index in [1.165, 1.54) is 0 Å². The van der Waals surface area contributed by atoms with Crippen LogP contribution < -0.4 is 0 Å². The van der Waals surface area contributed by atoms with Crippen LogP contribution in [0.1, 0.15) is 0 Å². The molecular weight excluding hydrogens is 183 g/mol. The van der Waals surface area contributed by atoms with E-state index in [0.717, 1.165) is 0 Å². The molecule has 49 valence electrons. The molecule has 0 aliphatic carbocycles. The summed E-state index contributed by atoms with van der Waals surface area (Å²) < 4.78 is 0. The summed E-state index contributed by atoms with van der Waals surface area (Å²) in [5.41, 5.74) is 0. The molecule has 0 rings (SSSR count). The maximum absolute atomic E-state index is 7.33. The first-order valence-electron chi connectivity index (χ1n) is 0.894. The van der Waals surface area contributed by atoms with E-state index in [4.69, 9.17) is 19.2 Å². The molecule has 1 radical (unpaired) electrons. The number of hydrogen-bond donors (Lipinski definition) is 4. The maximum Gasteiger partial charge on any atom is 0.668 e. The standard InChI is InChI=1S/Al.Cu.H4O4Si.3H/c;;1-5(2,3)4;;;/h;;1-4H;;;. The van der Waals surface area contributed by atoms with Crippen LogP contribution in [-0.4, -0.2) is 45.6 Å². The van der Waals surface area contributed by atoms with Gasteiger partial charge in [-0.1, -0.05) is 0 Å². The summed E-state index contributed by atoms with van der Waals surface area (Å²) >= 11 is 0. The summed E-state index contributed by atoms with van der Waals surface area (Å²) in [7, 11) is -4.61. The zero-order valence-electron chi connectivity index (χ0n) is 2.59. The molecule has 0 amide bonds. The minimum absolute atomic E-state index is 0. The van der Waals surface area contributed by atoms with Crippen LogP contribution in [0.15, 0.2) is 0 Å². The van der Waals surface area contributed by atoms with Gasteiger partial charge in [0, 0.05) is 17.1 Å². The Bertz CT molecular complexity index is 27.2. The van der Waals surface area contributed by atoms with Crippen molar-refractivity contribution in [3.8, 4) is 0 Å². The fourth-order valence-electron chi connectivity index (χ4n) is 0. The molecule has 7 heavy (non-hydrogen) atoms. The third-order valence-corrected chi connectivity index (χ3v) is 0. The van der Waals surface area contributed by atoms with Crippen molar-refractivity contribution in [1.82, 2.24) is 0 Å². The SMILES string of the molecule is O[Si](O)(O)O.[AlH3].[Cu]. The predicted octanol–water partition coefficient (Wildman–Crippen LogP) is -3.80. The summed E-state index contributed by atoms with van der Waals surface area (Å²) in [5.74, 6) is 0. The van der Waals surface area contributed by atoms with Crippen LogP contribution in [0.5, 0.6) is 0 Å². The molecule has 0 aromatic heterocycles. The topological polar surface area (TPSA) is 80.9 Å². The Labute approximate surface area is 62.9 Å². The Balaban J connectivity index is -0.0000000800. The van der Waals surface area contributed by atoms with Crippen molar-refractivity contribution in [1.29, 1.82) is 0 Å². The molecule has 4 nitrogen and oxygen atoms in total. The number of rotatable bonds is 0. The fourth-order valence-corrected chi connectivity index (χ4v) is 0. The van der Waals surface area contributed by atoms with Crippen molar-refractivity contribution >= 4 is 26.4 Å². The Morgan fingerprint density at radius 1 is 0.857 bits per heavy atom. The second-order valence-electron chi connectivity index (χ2n) is 0.600. The Kier molecular flexibility index (Phi) is 11.8. The van der Waals surface area contributed by atoms with Crippen LogP contribution in [0.3, 0.4) is 0 Å². The van der Waals surface area contributed by atoms with Crippen molar-refractivity contribution in [3.63, 3.8) is 0 Å². The predicted molar refractivity (Wildman–Crippen MR) is 24.6 cm³/mol. The maximum atomic E-state index is 7.33. The second kappa shape index (κ2) is 5.25. The summed E-state index contributed by atoms with van der Waals surface area (Å²) in [6, 6.07) is 0. The van der Waals surface area contributed by atoms with Gasteiger partial charge in [-0.2, -0.15) is 0 Å². The van der Waals surface area contributed by atoms with E-state index in [1.807, 2.05) is 0 Å². The van der Waals surface area contributed by atoms with Gasteiger partial charge in [0.1, 0.15) is 0 Å². The first kappa shape index (κ1) is 15.7. The van der Waals surface area contributed by atoms with E-state index in [0.29, 0.717) is 0 Å². The van der Waals surface area contributed by atoms with E-state index in [9.17, 15) is 0 Å². The van der Waals surface area contributed by atoms with Gasteiger partial charge in [-0.05, 0) is 0 Å². The summed E-state index contributed by atoms with van der Waals surface area (Å²) in [6.45, 7) is 0. The molecule has 7 heteroatoms. The van der Waals surface area contributed by atoms with E-state index in [-0.39, 0.29) is 34.4 Å². The zero-order valence-corrected chi connectivity index (χ0v) is 4.53. The summed E-state index contributed by atoms with van der Waals surface area (Å²) in [4.78, 5) is 29.3. The molecule has 0 heterocycles. The van der Waals surface area contributed by atoms with Crippen molar-refractivity contribution < 1.29 is 36.3 Å². The van der Waals surface area contributed by atoms with Crippen LogP contribution in [-0.2, 0) is 17.1 Å². The molecule has 4 N–H and O–H groups in total. The Morgan fingerprint density at radius 2 is 0.857 bits per heavy atom. The molecule has 0 aliphatic rings. The van der Waals surface area contributed by atoms with Crippen LogP contribution in [0.2, 0.25) is 0 Å². The van der Waals surface area contributed by atoms with Crippen molar-refractivity contribution in [2.45, 2.75) is 0 Å². The summed E-state index contributed by atoms with van der Waals surface area (Å²) in [5, 5.41) is 0. The molecule has 0 fully saturated rings. The first-order chi connectivity index (χ1) is 2.00. The molecular formula is H7AlCuO4Si. The van der Waals surface area contributed by atoms with Gasteiger partial charge in [0.25, 0.3) is 0 Å². The molecule has 0 aliphatic heterocycles. The summed E-state index contributed by atoms with van der Waals surface area (Å²) in [6.07, 6.45) is 0. The molecule has 0 aromatic carbocycles. The van der Waals surface area contributed by atoms with Gasteiger partial charge < -0.3 is 19.2 Å². The van der Waals surface area contributed by atoms with Gasteiger partial charge >= 0.3 is 9.05 Å². The molecule has 0 atom stereocenters. The average molecular weight is 190 g/mol. The fraction of sp³-hybridized carbons (Fsp3) is 0. The van der Waals surface area contributed by atoms with Crippen LogP contribution in [0.4, 0.5) is 0 Å². The monoisotopic (exact) mass is 189 g/mol. The number of hydrogen-bond acceptors (Lipinski definition) is 4. The first-order valence-corrected chi connectivity index (χ1v) is 2.68. The zero-order chi connectivity index (χ0) is 4.50. The van der Waals surface area contributed by atoms with E-state index in [2.05, 4.69) is 0 Å². The Hall–Kier alpha value is 1.11. The van der Waals surface area contributed by atoms with Gasteiger partial charge in [0.05, 0.1) is 0 Å². The Morgan fingerprint density at radius 3 is 0.857 bits per heavy atom. The van der Waals surface area contributed by atoms with Crippen molar-refractivity contribution in [3.05, 3.63) is 0 Å². The quantitative estimate of drug-likeness (QED) is 0.295. The third kappa shape index (κ3) is 151. The van der Waals surface area contributed by atoms with Gasteiger partial charge in [-0.25, -0.2) is 0 Å². The molecule has 0 bridgehead atoms. The second-order valence-corrected chi connectivity index (χ2v) is 1.80. The largest absolute Gasteiger partial charge is 0.668 e.